The molecule has 0 bridgehead atoms. The number of aromatic nitrogens is 2. The molecule has 0 spiro atoms. The molecule has 3 heterocycles. The minimum absolute atomic E-state index is 0.0801. The van der Waals surface area contributed by atoms with Crippen LogP contribution in [0.25, 0.3) is 22.7 Å². The third-order valence-corrected chi connectivity index (χ3v) is 11.3. The summed E-state index contributed by atoms with van der Waals surface area (Å²) in [5.41, 5.74) is 1.48. The molecule has 1 atom stereocenters. The summed E-state index contributed by atoms with van der Waals surface area (Å²) in [6, 6.07) is 24.8. The number of rotatable bonds is 10. The Balaban J connectivity index is 1.48. The molecule has 2 aromatic heterocycles. The predicted octanol–water partition coefficient (Wildman–Crippen LogP) is 5.05. The number of nitrogens with zero attached hydrogens (tertiary/aromatic N) is 4. The first-order chi connectivity index (χ1) is 25.6. The molecule has 13 nitrogen and oxygen atoms in total. The van der Waals surface area contributed by atoms with Crippen LogP contribution in [0.4, 0.5) is 5.69 Å². The molecule has 0 aliphatic carbocycles. The smallest absolute Gasteiger partial charge is 0.338 e. The minimum Gasteiger partial charge on any atom is -0.493 e. The van der Waals surface area contributed by atoms with E-state index in [2.05, 4.69) is 0 Å². The van der Waals surface area contributed by atoms with Gasteiger partial charge >= 0.3 is 5.97 Å². The highest BCUT2D eigenvalue weighted by atomic mass is 32.2. The Morgan fingerprint density at radius 1 is 0.962 bits per heavy atom. The van der Waals surface area contributed by atoms with Crippen molar-refractivity contribution < 1.29 is 32.3 Å². The summed E-state index contributed by atoms with van der Waals surface area (Å²) in [4.78, 5) is 44.1. The molecule has 53 heavy (non-hydrogen) atoms. The third kappa shape index (κ3) is 6.19. The number of para-hydroxylation sites is 1. The monoisotopic (exact) mass is 750 g/mol. The Morgan fingerprint density at radius 3 is 2.42 bits per heavy atom. The Labute approximate surface area is 306 Å². The summed E-state index contributed by atoms with van der Waals surface area (Å²) in [7, 11) is -1.32. The molecule has 7 rings (SSSR count). The number of nitro groups is 1. The quantitative estimate of drug-likeness (QED) is 0.106. The van der Waals surface area contributed by atoms with E-state index in [0.29, 0.717) is 49.6 Å². The zero-order valence-corrected chi connectivity index (χ0v) is 30.1. The van der Waals surface area contributed by atoms with Gasteiger partial charge in [-0.05, 0) is 42.8 Å². The van der Waals surface area contributed by atoms with Crippen molar-refractivity contribution in [2.45, 2.75) is 17.9 Å². The number of carbonyl (C=O) groups is 1. The number of methoxy groups -OCH3 is 2. The number of non-ortho nitro benzene ring substituents is 1. The maximum atomic E-state index is 14.6. The van der Waals surface area contributed by atoms with Crippen LogP contribution in [-0.4, -0.2) is 48.7 Å². The maximum absolute atomic E-state index is 14.6. The second kappa shape index (κ2) is 14.0. The molecule has 6 aromatic rings. The fourth-order valence-electron chi connectivity index (χ4n) is 6.28. The summed E-state index contributed by atoms with van der Waals surface area (Å²) in [6.45, 7) is 1.77. The first-order valence-corrected chi connectivity index (χ1v) is 18.4. The number of hydrogen-bond donors (Lipinski definition) is 0. The Hall–Kier alpha value is -6.32. The van der Waals surface area contributed by atoms with Gasteiger partial charge in [-0.1, -0.05) is 72.0 Å². The van der Waals surface area contributed by atoms with E-state index < -0.39 is 32.5 Å². The Kier molecular flexibility index (Phi) is 9.28. The van der Waals surface area contributed by atoms with Gasteiger partial charge in [0.25, 0.3) is 21.3 Å². The molecular weight excluding hydrogens is 721 g/mol. The van der Waals surface area contributed by atoms with Crippen LogP contribution in [0.5, 0.6) is 11.5 Å². The van der Waals surface area contributed by atoms with Gasteiger partial charge in [-0.3, -0.25) is 19.5 Å². The SMILES string of the molecule is CCOC(=O)C1=C(c2ccccc2)N=c2s/c(=C\c3cn(S(=O)(=O)c4cccc([N+](=O)[O-])c4)c4ccccc34)c(=O)n2[C@@H]1c1ccc(OC)c(OC)c1. The van der Waals surface area contributed by atoms with Gasteiger partial charge in [0.1, 0.15) is 0 Å². The Bertz CT molecular complexity index is 2770. The molecule has 0 radical (unpaired) electrons. The van der Waals surface area contributed by atoms with Crippen molar-refractivity contribution in [2.75, 3.05) is 20.8 Å². The van der Waals surface area contributed by atoms with Crippen LogP contribution in [0.2, 0.25) is 0 Å². The fourth-order valence-corrected chi connectivity index (χ4v) is 8.69. The van der Waals surface area contributed by atoms with Crippen molar-refractivity contribution in [1.82, 2.24) is 8.54 Å². The van der Waals surface area contributed by atoms with Crippen molar-refractivity contribution in [1.29, 1.82) is 0 Å². The van der Waals surface area contributed by atoms with Gasteiger partial charge in [-0.15, -0.1) is 0 Å². The average molecular weight is 751 g/mol. The standard InChI is InChI=1S/C38H30N4O9S2/c1-4-51-37(44)33-34(23-11-6-5-7-12-23)39-38-41(35(33)24-17-18-30(49-2)31(19-24)50-3)36(43)32(52-38)20-25-22-40(29-16-9-8-15-28(25)29)53(47,48)27-14-10-13-26(21-27)42(45)46/h5-22,35H,4H2,1-3H3/b32-20-/t35-/m1/s1. The van der Waals surface area contributed by atoms with Crippen molar-refractivity contribution in [2.24, 2.45) is 4.99 Å². The van der Waals surface area contributed by atoms with E-state index in [1.165, 1.54) is 43.2 Å². The topological polar surface area (TPSA) is 161 Å². The summed E-state index contributed by atoms with van der Waals surface area (Å²) in [5.74, 6) is 0.176. The van der Waals surface area contributed by atoms with Gasteiger partial charge in [0.05, 0.1) is 58.0 Å². The summed E-state index contributed by atoms with van der Waals surface area (Å²) >= 11 is 1.08. The van der Waals surface area contributed by atoms with Gasteiger partial charge in [-0.25, -0.2) is 22.2 Å². The van der Waals surface area contributed by atoms with Crippen LogP contribution in [-0.2, 0) is 19.6 Å². The van der Waals surface area contributed by atoms with E-state index in [0.717, 1.165) is 21.4 Å². The lowest BCUT2D eigenvalue weighted by molar-refractivity contribution is -0.385. The molecule has 0 saturated carbocycles. The second-order valence-electron chi connectivity index (χ2n) is 11.7. The lowest BCUT2D eigenvalue weighted by Gasteiger charge is -2.26. The highest BCUT2D eigenvalue weighted by Crippen LogP contribution is 2.38. The van der Waals surface area contributed by atoms with Gasteiger partial charge in [0.15, 0.2) is 16.3 Å². The normalized spacial score (nSPS) is 14.5. The van der Waals surface area contributed by atoms with Crippen LogP contribution >= 0.6 is 11.3 Å². The maximum Gasteiger partial charge on any atom is 0.338 e. The summed E-state index contributed by atoms with van der Waals surface area (Å²) in [6.07, 6.45) is 2.95. The number of esters is 1. The number of nitro benzene ring substituents is 1. The lowest BCUT2D eigenvalue weighted by atomic mass is 9.93. The zero-order valence-electron chi connectivity index (χ0n) is 28.5. The summed E-state index contributed by atoms with van der Waals surface area (Å²) in [5, 5.41) is 12.0. The van der Waals surface area contributed by atoms with Gasteiger partial charge < -0.3 is 14.2 Å². The number of benzene rings is 4. The molecule has 1 aliphatic heterocycles. The van der Waals surface area contributed by atoms with Gasteiger partial charge in [0, 0.05) is 34.8 Å². The van der Waals surface area contributed by atoms with Crippen LogP contribution in [0.3, 0.4) is 0 Å². The van der Waals surface area contributed by atoms with E-state index in [1.54, 1.807) is 55.5 Å². The molecule has 0 fully saturated rings. The molecule has 0 unspecified atom stereocenters. The lowest BCUT2D eigenvalue weighted by Crippen LogP contribution is -2.40. The largest absolute Gasteiger partial charge is 0.493 e. The van der Waals surface area contributed by atoms with Gasteiger partial charge in [-0.2, -0.15) is 0 Å². The number of hydrogen-bond acceptors (Lipinski definition) is 11. The molecule has 4 aromatic carbocycles. The number of fused-ring (bicyclic) bond motifs is 2. The minimum atomic E-state index is -4.31. The second-order valence-corrected chi connectivity index (χ2v) is 14.5. The summed E-state index contributed by atoms with van der Waals surface area (Å²) < 4.78 is 47.1. The van der Waals surface area contributed by atoms with E-state index >= 15 is 0 Å². The van der Waals surface area contributed by atoms with Crippen molar-refractivity contribution >= 4 is 55.7 Å². The molecule has 0 N–H and O–H groups in total. The number of thiazole rings is 1. The number of ether oxygens (including phenoxy) is 3. The molecule has 15 heteroatoms. The van der Waals surface area contributed by atoms with Crippen LogP contribution in [0.15, 0.2) is 124 Å². The molecule has 0 saturated heterocycles. The van der Waals surface area contributed by atoms with Crippen molar-refractivity contribution in [3.8, 4) is 11.5 Å². The molecular formula is C38H30N4O9S2. The zero-order chi connectivity index (χ0) is 37.4. The molecule has 1 aliphatic rings. The van der Waals surface area contributed by atoms with Crippen LogP contribution < -0.4 is 24.4 Å². The molecule has 268 valence electrons. The van der Waals surface area contributed by atoms with Crippen LogP contribution in [0.1, 0.15) is 29.7 Å². The van der Waals surface area contributed by atoms with Crippen molar-refractivity contribution in [3.05, 3.63) is 155 Å². The third-order valence-electron chi connectivity index (χ3n) is 8.68. The molecule has 0 amide bonds. The number of carbonyl (C=O) groups excluding carboxylic acids is 1. The highest BCUT2D eigenvalue weighted by Gasteiger charge is 2.36. The van der Waals surface area contributed by atoms with E-state index in [1.807, 2.05) is 30.3 Å². The first-order valence-electron chi connectivity index (χ1n) is 16.2. The highest BCUT2D eigenvalue weighted by molar-refractivity contribution is 7.90. The predicted molar refractivity (Wildman–Crippen MR) is 198 cm³/mol. The van der Waals surface area contributed by atoms with Crippen molar-refractivity contribution in [3.63, 3.8) is 0 Å². The Morgan fingerprint density at radius 2 is 1.70 bits per heavy atom. The van der Waals surface area contributed by atoms with E-state index in [4.69, 9.17) is 19.2 Å². The average Bonchev–Trinajstić information content (AvgIpc) is 3.71. The first kappa shape index (κ1) is 35.1. The van der Waals surface area contributed by atoms with Crippen LogP contribution in [0, 0.1) is 10.1 Å². The van der Waals surface area contributed by atoms with E-state index in [-0.39, 0.29) is 27.3 Å². The van der Waals surface area contributed by atoms with Gasteiger partial charge in [0.2, 0.25) is 0 Å². The van der Waals surface area contributed by atoms with E-state index in [9.17, 15) is 28.1 Å². The fraction of sp³-hybridized carbons (Fsp3) is 0.132.